The number of nitrogens with zero attached hydrogens (tertiary/aromatic N) is 1. The van der Waals surface area contributed by atoms with E-state index < -0.39 is 0 Å². The van der Waals surface area contributed by atoms with Gasteiger partial charge in [-0.1, -0.05) is 19.1 Å². The number of hydrogen-bond donors (Lipinski definition) is 3. The molecule has 1 aliphatic carbocycles. The van der Waals surface area contributed by atoms with Crippen LogP contribution in [0.15, 0.2) is 29.3 Å². The van der Waals surface area contributed by atoms with E-state index in [1.165, 1.54) is 5.56 Å². The van der Waals surface area contributed by atoms with E-state index >= 15 is 0 Å². The summed E-state index contributed by atoms with van der Waals surface area (Å²) in [4.78, 5) is 16.3. The summed E-state index contributed by atoms with van der Waals surface area (Å²) in [5.74, 6) is 2.31. The lowest BCUT2D eigenvalue weighted by molar-refractivity contribution is -0.121. The van der Waals surface area contributed by atoms with Crippen molar-refractivity contribution in [3.05, 3.63) is 29.8 Å². The third-order valence-corrected chi connectivity index (χ3v) is 4.67. The molecule has 1 amide bonds. The number of guanidine groups is 1. The molecule has 0 bridgehead atoms. The molecule has 1 aliphatic rings. The quantitative estimate of drug-likeness (QED) is 0.188. The van der Waals surface area contributed by atoms with Crippen molar-refractivity contribution in [2.45, 2.75) is 57.9 Å². The van der Waals surface area contributed by atoms with Crippen LogP contribution in [0, 0.1) is 0 Å². The number of carbonyl (C=O) groups excluding carboxylic acids is 1. The number of benzene rings is 1. The van der Waals surface area contributed by atoms with Gasteiger partial charge in [-0.15, -0.1) is 24.0 Å². The normalized spacial score (nSPS) is 14.6. The Kier molecular flexibility index (Phi) is 11.9. The number of ether oxygens (including phenoxy) is 1. The van der Waals surface area contributed by atoms with Crippen LogP contribution in [0.2, 0.25) is 0 Å². The van der Waals surface area contributed by atoms with E-state index in [0.717, 1.165) is 50.5 Å². The summed E-state index contributed by atoms with van der Waals surface area (Å²) in [5.41, 5.74) is 1.31. The number of carbonyl (C=O) groups is 1. The van der Waals surface area contributed by atoms with Crippen molar-refractivity contribution in [1.29, 1.82) is 0 Å². The predicted molar refractivity (Wildman–Crippen MR) is 126 cm³/mol. The molecule has 0 radical (unpaired) electrons. The zero-order chi connectivity index (χ0) is 19.5. The van der Waals surface area contributed by atoms with E-state index in [-0.39, 0.29) is 29.9 Å². The molecule has 3 N–H and O–H groups in total. The lowest BCUT2D eigenvalue weighted by atomic mass is 9.98. The van der Waals surface area contributed by atoms with Crippen molar-refractivity contribution >= 4 is 35.8 Å². The lowest BCUT2D eigenvalue weighted by Gasteiger charge is -2.15. The summed E-state index contributed by atoms with van der Waals surface area (Å²) in [6.45, 7) is 6.61. The maximum atomic E-state index is 11.7. The van der Waals surface area contributed by atoms with Crippen LogP contribution in [0.5, 0.6) is 5.75 Å². The van der Waals surface area contributed by atoms with E-state index in [0.29, 0.717) is 24.9 Å². The van der Waals surface area contributed by atoms with Gasteiger partial charge in [0.15, 0.2) is 5.96 Å². The fraction of sp³-hybridized carbons (Fsp3) is 0.619. The molecule has 0 saturated heterocycles. The highest BCUT2D eigenvalue weighted by Gasteiger charge is 2.22. The number of hydrogen-bond acceptors (Lipinski definition) is 3. The third kappa shape index (κ3) is 9.61. The van der Waals surface area contributed by atoms with Gasteiger partial charge in [-0.2, -0.15) is 0 Å². The monoisotopic (exact) mass is 502 g/mol. The molecular weight excluding hydrogens is 467 g/mol. The first-order valence-electron chi connectivity index (χ1n) is 10.1. The van der Waals surface area contributed by atoms with Crippen molar-refractivity contribution in [3.8, 4) is 5.75 Å². The second-order valence-corrected chi connectivity index (χ2v) is 7.10. The molecule has 0 spiro atoms. The zero-order valence-electron chi connectivity index (χ0n) is 17.3. The van der Waals surface area contributed by atoms with E-state index in [2.05, 4.69) is 46.9 Å². The van der Waals surface area contributed by atoms with Crippen molar-refractivity contribution in [2.24, 2.45) is 4.99 Å². The van der Waals surface area contributed by atoms with Crippen LogP contribution in [0.4, 0.5) is 0 Å². The summed E-state index contributed by atoms with van der Waals surface area (Å²) < 4.78 is 5.21. The van der Waals surface area contributed by atoms with Crippen molar-refractivity contribution < 1.29 is 9.53 Å². The topological polar surface area (TPSA) is 74.8 Å². The Morgan fingerprint density at radius 3 is 2.57 bits per heavy atom. The maximum absolute atomic E-state index is 11.7. The fourth-order valence-corrected chi connectivity index (χ4v) is 2.81. The summed E-state index contributed by atoms with van der Waals surface area (Å²) in [6, 6.07) is 8.69. The molecule has 6 nitrogen and oxygen atoms in total. The summed E-state index contributed by atoms with van der Waals surface area (Å²) in [7, 11) is 1.68. The maximum Gasteiger partial charge on any atom is 0.220 e. The molecule has 28 heavy (non-hydrogen) atoms. The van der Waals surface area contributed by atoms with Gasteiger partial charge in [0, 0.05) is 32.1 Å². The molecule has 158 valence electrons. The second-order valence-electron chi connectivity index (χ2n) is 7.10. The SMILES string of the molecule is CCNC(=NCCCC(=O)NC1CC1)NCCC(C)c1ccc(OC)cc1.I. The second kappa shape index (κ2) is 13.6. The number of amides is 1. The van der Waals surface area contributed by atoms with Gasteiger partial charge in [-0.25, -0.2) is 0 Å². The molecule has 2 rings (SSSR count). The first kappa shape index (κ1) is 24.5. The largest absolute Gasteiger partial charge is 0.497 e. The Bertz CT molecular complexity index is 603. The third-order valence-electron chi connectivity index (χ3n) is 4.67. The highest BCUT2D eigenvalue weighted by atomic mass is 127. The summed E-state index contributed by atoms with van der Waals surface area (Å²) in [5, 5.41) is 9.66. The fourth-order valence-electron chi connectivity index (χ4n) is 2.81. The molecular formula is C21H35IN4O2. The van der Waals surface area contributed by atoms with E-state index in [1.54, 1.807) is 7.11 Å². The summed E-state index contributed by atoms with van der Waals surface area (Å²) >= 11 is 0. The Labute approximate surface area is 186 Å². The van der Waals surface area contributed by atoms with Gasteiger partial charge in [0.2, 0.25) is 5.91 Å². The van der Waals surface area contributed by atoms with E-state index in [1.807, 2.05) is 12.1 Å². The van der Waals surface area contributed by atoms with Gasteiger partial charge < -0.3 is 20.7 Å². The molecule has 0 aliphatic heterocycles. The first-order chi connectivity index (χ1) is 13.1. The van der Waals surface area contributed by atoms with Gasteiger partial charge in [0.1, 0.15) is 5.75 Å². The Balaban J connectivity index is 0.00000392. The molecule has 0 aromatic heterocycles. The minimum absolute atomic E-state index is 0. The highest BCUT2D eigenvalue weighted by Crippen LogP contribution is 2.21. The van der Waals surface area contributed by atoms with Crippen LogP contribution in [-0.2, 0) is 4.79 Å². The molecule has 7 heteroatoms. The number of rotatable bonds is 11. The number of halogens is 1. The molecule has 1 unspecified atom stereocenters. The van der Waals surface area contributed by atoms with Crippen LogP contribution in [-0.4, -0.2) is 44.7 Å². The van der Waals surface area contributed by atoms with Gasteiger partial charge in [0.05, 0.1) is 7.11 Å². The van der Waals surface area contributed by atoms with Crippen molar-refractivity contribution in [1.82, 2.24) is 16.0 Å². The van der Waals surface area contributed by atoms with Crippen LogP contribution in [0.25, 0.3) is 0 Å². The molecule has 1 atom stereocenters. The lowest BCUT2D eigenvalue weighted by Crippen LogP contribution is -2.38. The minimum atomic E-state index is 0. The molecule has 1 saturated carbocycles. The number of aliphatic imine (C=N–C) groups is 1. The van der Waals surface area contributed by atoms with Crippen LogP contribution in [0.3, 0.4) is 0 Å². The molecule has 1 aromatic carbocycles. The van der Waals surface area contributed by atoms with Crippen molar-refractivity contribution in [3.63, 3.8) is 0 Å². The number of methoxy groups -OCH3 is 1. The van der Waals surface area contributed by atoms with Crippen LogP contribution >= 0.6 is 24.0 Å². The van der Waals surface area contributed by atoms with Gasteiger partial charge >= 0.3 is 0 Å². The first-order valence-corrected chi connectivity index (χ1v) is 10.1. The Hall–Kier alpha value is -1.51. The average molecular weight is 502 g/mol. The molecule has 1 aromatic rings. The predicted octanol–water partition coefficient (Wildman–Crippen LogP) is 3.42. The summed E-state index contributed by atoms with van der Waals surface area (Å²) in [6.07, 6.45) is 4.60. The molecule has 0 heterocycles. The molecule has 1 fully saturated rings. The van der Waals surface area contributed by atoms with E-state index in [9.17, 15) is 4.79 Å². The van der Waals surface area contributed by atoms with Gasteiger partial charge in [0.25, 0.3) is 0 Å². The van der Waals surface area contributed by atoms with E-state index in [4.69, 9.17) is 4.74 Å². The average Bonchev–Trinajstić information content (AvgIpc) is 3.49. The smallest absolute Gasteiger partial charge is 0.220 e. The van der Waals surface area contributed by atoms with Crippen LogP contribution in [0.1, 0.15) is 57.4 Å². The Morgan fingerprint density at radius 2 is 1.96 bits per heavy atom. The van der Waals surface area contributed by atoms with Crippen molar-refractivity contribution in [2.75, 3.05) is 26.7 Å². The zero-order valence-corrected chi connectivity index (χ0v) is 19.6. The van der Waals surface area contributed by atoms with Gasteiger partial charge in [-0.3, -0.25) is 9.79 Å². The highest BCUT2D eigenvalue weighted by molar-refractivity contribution is 14.0. The minimum Gasteiger partial charge on any atom is -0.497 e. The standard InChI is InChI=1S/C21H34N4O2.HI/c1-4-22-21(23-14-5-6-20(26)25-18-9-10-18)24-15-13-16(2)17-7-11-19(27-3)12-8-17;/h7-8,11-12,16,18H,4-6,9-10,13-15H2,1-3H3,(H,25,26)(H2,22,23,24);1H. The van der Waals surface area contributed by atoms with Crippen LogP contribution < -0.4 is 20.7 Å². The Morgan fingerprint density at radius 1 is 1.25 bits per heavy atom. The van der Waals surface area contributed by atoms with Gasteiger partial charge in [-0.05, 0) is 56.2 Å². The number of nitrogens with one attached hydrogen (secondary N) is 3.